The van der Waals surface area contributed by atoms with E-state index in [1.807, 2.05) is 11.3 Å². The lowest BCUT2D eigenvalue weighted by atomic mass is 9.62. The molecule has 2 aromatic heterocycles. The van der Waals surface area contributed by atoms with Gasteiger partial charge in [-0.1, -0.05) is 153 Å². The molecule has 4 aliphatic rings. The Labute approximate surface area is 343 Å². The smallest absolute Gasteiger partial charge is 0.112 e. The molecule has 0 fully saturated rings. The van der Waals surface area contributed by atoms with E-state index in [2.05, 4.69) is 193 Å². The SMILES string of the molecule is C=C1C=C(n2c3c(c4cc5ccccc5cc42)CC(C)C=C3)NC(c2ccc3c(c2)-c2ccccc2C3(c2ccccc2)C2C=CC=CC2)c2c1sc1ccccc21. The summed E-state index contributed by atoms with van der Waals surface area (Å²) in [6, 6.07) is 50.1. The Hall–Kier alpha value is -6.42. The lowest BCUT2D eigenvalue weighted by Crippen LogP contribution is -2.35. The standard InChI is InChI=1S/C55H42N2S/c1-34-25-28-48-44(29-34)45-31-36-15-9-10-16-37(36)33-49(45)57(48)51-30-35(2)54-52(42-22-12-14-24-50(42)58-54)53(56-51)38-26-27-47-43(32-38)41-21-11-13-23-46(41)55(47,39-17-5-3-6-18-39)40-19-7-4-8-20-40/h3-19,21-28,30-34,40,53,56H,2,20,29H2,1H3. The number of thiophene rings is 1. The number of rotatable bonds is 4. The molecule has 0 saturated heterocycles. The topological polar surface area (TPSA) is 17.0 Å². The largest absolute Gasteiger partial charge is 0.360 e. The average Bonchev–Trinajstić information content (AvgIpc) is 3.88. The zero-order valence-electron chi connectivity index (χ0n) is 32.5. The number of benzene rings is 6. The Bertz CT molecular complexity index is 3150. The highest BCUT2D eigenvalue weighted by molar-refractivity contribution is 7.20. The highest BCUT2D eigenvalue weighted by Crippen LogP contribution is 2.58. The van der Waals surface area contributed by atoms with Crippen LogP contribution in [0.3, 0.4) is 0 Å². The summed E-state index contributed by atoms with van der Waals surface area (Å²) >= 11 is 1.86. The quantitative estimate of drug-likeness (QED) is 0.189. The monoisotopic (exact) mass is 762 g/mol. The molecular weight excluding hydrogens is 721 g/mol. The second kappa shape index (κ2) is 12.8. The fourth-order valence-corrected chi connectivity index (χ4v) is 12.0. The number of nitrogens with one attached hydrogen (secondary N) is 1. The first-order valence-electron chi connectivity index (χ1n) is 20.6. The molecule has 0 saturated carbocycles. The van der Waals surface area contributed by atoms with Gasteiger partial charge in [0.05, 0.1) is 22.7 Å². The van der Waals surface area contributed by atoms with Crippen LogP contribution in [0.2, 0.25) is 0 Å². The van der Waals surface area contributed by atoms with Crippen LogP contribution in [0.5, 0.6) is 0 Å². The van der Waals surface area contributed by atoms with E-state index < -0.39 is 0 Å². The fourth-order valence-electron chi connectivity index (χ4n) is 10.9. The van der Waals surface area contributed by atoms with Crippen molar-refractivity contribution < 1.29 is 0 Å². The average molecular weight is 763 g/mol. The first-order chi connectivity index (χ1) is 28.6. The van der Waals surface area contributed by atoms with Crippen molar-refractivity contribution in [3.63, 3.8) is 0 Å². The van der Waals surface area contributed by atoms with Crippen LogP contribution in [0.15, 0.2) is 176 Å². The number of hydrogen-bond donors (Lipinski definition) is 1. The lowest BCUT2D eigenvalue weighted by molar-refractivity contribution is 0.457. The van der Waals surface area contributed by atoms with Crippen molar-refractivity contribution in [2.24, 2.45) is 11.8 Å². The van der Waals surface area contributed by atoms with Crippen LogP contribution < -0.4 is 5.32 Å². The molecule has 4 atom stereocenters. The second-order valence-corrected chi connectivity index (χ2v) is 17.7. The minimum absolute atomic E-state index is 0.126. The molecule has 0 amide bonds. The van der Waals surface area contributed by atoms with E-state index in [-0.39, 0.29) is 17.4 Å². The number of allylic oxidation sites excluding steroid dienone is 7. The summed E-state index contributed by atoms with van der Waals surface area (Å²) in [7, 11) is 0. The fraction of sp³-hybridized carbons (Fsp3) is 0.127. The summed E-state index contributed by atoms with van der Waals surface area (Å²) in [5, 5.41) is 9.39. The van der Waals surface area contributed by atoms with Gasteiger partial charge in [0.1, 0.15) is 5.82 Å². The van der Waals surface area contributed by atoms with E-state index in [0.717, 1.165) is 24.2 Å². The molecule has 0 radical (unpaired) electrons. The van der Waals surface area contributed by atoms with Gasteiger partial charge in [-0.2, -0.15) is 0 Å². The minimum Gasteiger partial charge on any atom is -0.360 e. The molecule has 2 nitrogen and oxygen atoms in total. The van der Waals surface area contributed by atoms with Crippen molar-refractivity contribution in [2.45, 2.75) is 31.2 Å². The molecule has 0 bridgehead atoms. The molecule has 4 unspecified atom stereocenters. The summed E-state index contributed by atoms with van der Waals surface area (Å²) in [4.78, 5) is 1.24. The van der Waals surface area contributed by atoms with Gasteiger partial charge in [0.2, 0.25) is 0 Å². The molecule has 3 heterocycles. The minimum atomic E-state index is -0.307. The predicted molar refractivity (Wildman–Crippen MR) is 246 cm³/mol. The Morgan fingerprint density at radius 1 is 0.741 bits per heavy atom. The summed E-state index contributed by atoms with van der Waals surface area (Å²) in [5.41, 5.74) is 14.0. The number of aromatic nitrogens is 1. The Morgan fingerprint density at radius 3 is 2.38 bits per heavy atom. The third kappa shape index (κ3) is 4.77. The van der Waals surface area contributed by atoms with Crippen LogP contribution >= 0.6 is 11.3 Å². The van der Waals surface area contributed by atoms with Crippen molar-refractivity contribution >= 4 is 60.6 Å². The summed E-state index contributed by atoms with van der Waals surface area (Å²) in [5.74, 6) is 1.82. The second-order valence-electron chi connectivity index (χ2n) is 16.6. The molecular formula is C55H42N2S. The molecule has 3 aliphatic carbocycles. The Balaban J connectivity index is 1.10. The van der Waals surface area contributed by atoms with Crippen molar-refractivity contribution in [1.29, 1.82) is 0 Å². The molecule has 0 spiro atoms. The first-order valence-corrected chi connectivity index (χ1v) is 21.5. The van der Waals surface area contributed by atoms with Crippen molar-refractivity contribution in [1.82, 2.24) is 9.88 Å². The lowest BCUT2D eigenvalue weighted by Gasteiger charge is -2.39. The number of fused-ring (bicyclic) bond motifs is 10. The maximum atomic E-state index is 4.80. The van der Waals surface area contributed by atoms with E-state index >= 15 is 0 Å². The van der Waals surface area contributed by atoms with Gasteiger partial charge in [-0.3, -0.25) is 4.57 Å². The first kappa shape index (κ1) is 33.7. The third-order valence-electron chi connectivity index (χ3n) is 13.4. The van der Waals surface area contributed by atoms with Crippen LogP contribution in [0, 0.1) is 11.8 Å². The molecule has 1 N–H and O–H groups in total. The Morgan fingerprint density at radius 2 is 1.52 bits per heavy atom. The van der Waals surface area contributed by atoms with Gasteiger partial charge in [0.25, 0.3) is 0 Å². The van der Waals surface area contributed by atoms with Crippen LogP contribution in [0.1, 0.15) is 63.3 Å². The van der Waals surface area contributed by atoms with Crippen molar-refractivity contribution in [3.8, 4) is 11.1 Å². The van der Waals surface area contributed by atoms with E-state index in [4.69, 9.17) is 6.58 Å². The summed E-state index contributed by atoms with van der Waals surface area (Å²) in [6.45, 7) is 7.12. The number of hydrogen-bond acceptors (Lipinski definition) is 2. The molecule has 3 heteroatoms. The van der Waals surface area contributed by atoms with Gasteiger partial charge in [0, 0.05) is 20.5 Å². The van der Waals surface area contributed by atoms with Crippen LogP contribution in [-0.4, -0.2) is 4.57 Å². The maximum absolute atomic E-state index is 4.80. The molecule has 58 heavy (non-hydrogen) atoms. The van der Waals surface area contributed by atoms with Gasteiger partial charge in [-0.15, -0.1) is 11.3 Å². The number of nitrogens with zero attached hydrogens (tertiary/aromatic N) is 1. The highest BCUT2D eigenvalue weighted by Gasteiger charge is 2.49. The highest BCUT2D eigenvalue weighted by atomic mass is 32.1. The summed E-state index contributed by atoms with van der Waals surface area (Å²) in [6.07, 6.45) is 18.3. The molecule has 1 aliphatic heterocycles. The van der Waals surface area contributed by atoms with Gasteiger partial charge in [-0.05, 0) is 122 Å². The molecule has 6 aromatic carbocycles. The van der Waals surface area contributed by atoms with Crippen LogP contribution in [0.4, 0.5) is 0 Å². The molecule has 12 rings (SSSR count). The predicted octanol–water partition coefficient (Wildman–Crippen LogP) is 13.9. The molecule has 278 valence electrons. The van der Waals surface area contributed by atoms with Crippen LogP contribution in [0.25, 0.3) is 60.4 Å². The van der Waals surface area contributed by atoms with Gasteiger partial charge in [0.15, 0.2) is 0 Å². The van der Waals surface area contributed by atoms with E-state index in [1.54, 1.807) is 0 Å². The van der Waals surface area contributed by atoms with E-state index in [9.17, 15) is 0 Å². The third-order valence-corrected chi connectivity index (χ3v) is 14.6. The van der Waals surface area contributed by atoms with Crippen LogP contribution in [-0.2, 0) is 11.8 Å². The van der Waals surface area contributed by atoms with E-state index in [1.165, 1.54) is 86.8 Å². The Kier molecular flexibility index (Phi) is 7.43. The van der Waals surface area contributed by atoms with Crippen molar-refractivity contribution in [3.05, 3.63) is 220 Å². The zero-order chi connectivity index (χ0) is 38.5. The maximum Gasteiger partial charge on any atom is 0.112 e. The van der Waals surface area contributed by atoms with E-state index in [0.29, 0.717) is 5.92 Å². The van der Waals surface area contributed by atoms with Crippen molar-refractivity contribution in [2.75, 3.05) is 0 Å². The van der Waals surface area contributed by atoms with Gasteiger partial charge < -0.3 is 5.32 Å². The van der Waals surface area contributed by atoms with Gasteiger partial charge in [-0.25, -0.2) is 0 Å². The zero-order valence-corrected chi connectivity index (χ0v) is 33.3. The molecule has 8 aromatic rings. The summed E-state index contributed by atoms with van der Waals surface area (Å²) < 4.78 is 3.78. The normalized spacial score (nSPS) is 21.7. The van der Waals surface area contributed by atoms with Gasteiger partial charge >= 0.3 is 0 Å².